The minimum absolute atomic E-state index is 0.0176. The normalized spacial score (nSPS) is 10.2. The first-order chi connectivity index (χ1) is 10.6. The lowest BCUT2D eigenvalue weighted by atomic mass is 10.1. The molecule has 6 heteroatoms. The lowest BCUT2D eigenvalue weighted by Gasteiger charge is -2.05. The van der Waals surface area contributed by atoms with E-state index in [-0.39, 0.29) is 24.5 Å². The number of carbonyl (C=O) groups is 3. The van der Waals surface area contributed by atoms with Crippen molar-refractivity contribution < 1.29 is 14.4 Å². The molecule has 0 bridgehead atoms. The Morgan fingerprint density at radius 3 is 2.36 bits per heavy atom. The van der Waals surface area contributed by atoms with Gasteiger partial charge in [0.05, 0.1) is 4.88 Å². The Morgan fingerprint density at radius 1 is 1.05 bits per heavy atom. The summed E-state index contributed by atoms with van der Waals surface area (Å²) in [5, 5.41) is 4.58. The Bertz CT molecular complexity index is 663. The highest BCUT2D eigenvalue weighted by atomic mass is 32.1. The summed E-state index contributed by atoms with van der Waals surface area (Å²) in [7, 11) is 0. The number of nitrogens with one attached hydrogen (secondary N) is 1. The maximum Gasteiger partial charge on any atom is 0.248 e. The molecule has 2 amide bonds. The van der Waals surface area contributed by atoms with E-state index in [1.807, 2.05) is 11.4 Å². The van der Waals surface area contributed by atoms with E-state index in [9.17, 15) is 14.4 Å². The van der Waals surface area contributed by atoms with Crippen LogP contribution in [0.3, 0.4) is 0 Å². The number of benzene rings is 1. The van der Waals surface area contributed by atoms with Crippen LogP contribution < -0.4 is 11.1 Å². The van der Waals surface area contributed by atoms with Crippen LogP contribution >= 0.6 is 11.3 Å². The first kappa shape index (κ1) is 15.9. The van der Waals surface area contributed by atoms with Crippen molar-refractivity contribution in [3.05, 3.63) is 57.8 Å². The second-order valence-corrected chi connectivity index (χ2v) is 5.69. The van der Waals surface area contributed by atoms with Crippen molar-refractivity contribution in [3.63, 3.8) is 0 Å². The highest BCUT2D eigenvalue weighted by Gasteiger charge is 2.10. The zero-order chi connectivity index (χ0) is 15.9. The van der Waals surface area contributed by atoms with Crippen LogP contribution in [0.5, 0.6) is 0 Å². The second-order valence-electron chi connectivity index (χ2n) is 4.74. The molecule has 0 radical (unpaired) electrons. The summed E-state index contributed by atoms with van der Waals surface area (Å²) in [6.07, 6.45) is 0.364. The molecular weight excluding hydrogens is 300 g/mol. The lowest BCUT2D eigenvalue weighted by Crippen LogP contribution is -2.23. The SMILES string of the molecule is NC(=O)c1ccc(CNC(=O)CCC(=O)c2cccs2)cc1. The molecular formula is C16H16N2O3S. The second kappa shape index (κ2) is 7.51. The fourth-order valence-electron chi connectivity index (χ4n) is 1.86. The zero-order valence-corrected chi connectivity index (χ0v) is 12.7. The number of Topliss-reactive ketones (excluding diaryl/α,β-unsaturated/α-hetero) is 1. The average Bonchev–Trinajstić information content (AvgIpc) is 3.05. The summed E-state index contributed by atoms with van der Waals surface area (Å²) >= 11 is 1.38. The minimum Gasteiger partial charge on any atom is -0.366 e. The Balaban J connectivity index is 1.75. The van der Waals surface area contributed by atoms with E-state index in [4.69, 9.17) is 5.73 Å². The molecule has 0 aliphatic carbocycles. The van der Waals surface area contributed by atoms with Crippen LogP contribution in [0.2, 0.25) is 0 Å². The highest BCUT2D eigenvalue weighted by molar-refractivity contribution is 7.12. The number of primary amides is 1. The summed E-state index contributed by atoms with van der Waals surface area (Å²) in [6, 6.07) is 10.3. The number of carbonyl (C=O) groups excluding carboxylic acids is 3. The third-order valence-electron chi connectivity index (χ3n) is 3.10. The number of ketones is 1. The van der Waals surface area contributed by atoms with E-state index >= 15 is 0 Å². The molecule has 0 unspecified atom stereocenters. The van der Waals surface area contributed by atoms with Gasteiger partial charge in [0.2, 0.25) is 11.8 Å². The number of nitrogens with two attached hydrogens (primary N) is 1. The first-order valence-electron chi connectivity index (χ1n) is 6.78. The highest BCUT2D eigenvalue weighted by Crippen LogP contribution is 2.12. The van der Waals surface area contributed by atoms with Gasteiger partial charge >= 0.3 is 0 Å². The van der Waals surface area contributed by atoms with E-state index in [1.54, 1.807) is 30.3 Å². The molecule has 1 heterocycles. The quantitative estimate of drug-likeness (QED) is 0.767. The van der Waals surface area contributed by atoms with Crippen LogP contribution in [-0.4, -0.2) is 17.6 Å². The molecule has 0 aliphatic heterocycles. The van der Waals surface area contributed by atoms with Gasteiger partial charge in [-0.2, -0.15) is 0 Å². The van der Waals surface area contributed by atoms with Crippen LogP contribution in [0.25, 0.3) is 0 Å². The zero-order valence-electron chi connectivity index (χ0n) is 11.9. The van der Waals surface area contributed by atoms with E-state index in [0.29, 0.717) is 17.0 Å². The van der Waals surface area contributed by atoms with Gasteiger partial charge in [-0.1, -0.05) is 18.2 Å². The van der Waals surface area contributed by atoms with E-state index in [2.05, 4.69) is 5.32 Å². The molecule has 2 aromatic rings. The minimum atomic E-state index is -0.484. The van der Waals surface area contributed by atoms with Crippen molar-refractivity contribution in [1.29, 1.82) is 0 Å². The van der Waals surface area contributed by atoms with Crippen molar-refractivity contribution in [2.24, 2.45) is 5.73 Å². The fourth-order valence-corrected chi connectivity index (χ4v) is 2.56. The van der Waals surface area contributed by atoms with Gasteiger partial charge in [-0.05, 0) is 29.1 Å². The number of hydrogen-bond acceptors (Lipinski definition) is 4. The van der Waals surface area contributed by atoms with Crippen molar-refractivity contribution >= 4 is 28.9 Å². The largest absolute Gasteiger partial charge is 0.366 e. The molecule has 114 valence electrons. The standard InChI is InChI=1S/C16H16N2O3S/c17-16(21)12-5-3-11(4-6-12)10-18-15(20)8-7-13(19)14-2-1-9-22-14/h1-6,9H,7-8,10H2,(H2,17,21)(H,18,20). The van der Waals surface area contributed by atoms with Crippen LogP contribution in [0.15, 0.2) is 41.8 Å². The third-order valence-corrected chi connectivity index (χ3v) is 4.01. The van der Waals surface area contributed by atoms with Crippen LogP contribution in [0, 0.1) is 0 Å². The van der Waals surface area contributed by atoms with Crippen molar-refractivity contribution in [1.82, 2.24) is 5.32 Å². The van der Waals surface area contributed by atoms with Crippen LogP contribution in [-0.2, 0) is 11.3 Å². The van der Waals surface area contributed by atoms with Gasteiger partial charge in [0.15, 0.2) is 5.78 Å². The van der Waals surface area contributed by atoms with Crippen LogP contribution in [0.1, 0.15) is 38.4 Å². The molecule has 5 nitrogen and oxygen atoms in total. The van der Waals surface area contributed by atoms with Gasteiger partial charge in [-0.15, -0.1) is 11.3 Å². The van der Waals surface area contributed by atoms with Gasteiger partial charge in [-0.3, -0.25) is 14.4 Å². The Labute approximate surface area is 132 Å². The van der Waals surface area contributed by atoms with E-state index in [1.165, 1.54) is 11.3 Å². The van der Waals surface area contributed by atoms with E-state index in [0.717, 1.165) is 5.56 Å². The predicted octanol–water partition coefficient (Wildman–Crippen LogP) is 2.13. The molecule has 0 saturated heterocycles. The molecule has 0 aliphatic rings. The fraction of sp³-hybridized carbons (Fsp3) is 0.188. The van der Waals surface area contributed by atoms with Gasteiger partial charge in [0.25, 0.3) is 0 Å². The number of amides is 2. The Kier molecular flexibility index (Phi) is 5.43. The maximum absolute atomic E-state index is 11.8. The monoisotopic (exact) mass is 316 g/mol. The molecule has 2 rings (SSSR count). The summed E-state index contributed by atoms with van der Waals surface area (Å²) in [5.41, 5.74) is 6.45. The van der Waals surface area contributed by atoms with Crippen molar-refractivity contribution in [2.75, 3.05) is 0 Å². The molecule has 1 aromatic heterocycles. The molecule has 0 fully saturated rings. The summed E-state index contributed by atoms with van der Waals surface area (Å²) in [5.74, 6) is -0.678. The Hall–Kier alpha value is -2.47. The molecule has 0 atom stereocenters. The topological polar surface area (TPSA) is 89.3 Å². The summed E-state index contributed by atoms with van der Waals surface area (Å²) < 4.78 is 0. The number of hydrogen-bond donors (Lipinski definition) is 2. The van der Waals surface area contributed by atoms with Gasteiger partial charge in [-0.25, -0.2) is 0 Å². The van der Waals surface area contributed by atoms with E-state index < -0.39 is 5.91 Å². The molecule has 0 spiro atoms. The molecule has 3 N–H and O–H groups in total. The number of rotatable bonds is 7. The van der Waals surface area contributed by atoms with Crippen LogP contribution in [0.4, 0.5) is 0 Å². The number of thiophene rings is 1. The lowest BCUT2D eigenvalue weighted by molar-refractivity contribution is -0.121. The van der Waals surface area contributed by atoms with Gasteiger partial charge in [0, 0.05) is 24.9 Å². The first-order valence-corrected chi connectivity index (χ1v) is 7.66. The Morgan fingerprint density at radius 2 is 1.77 bits per heavy atom. The molecule has 22 heavy (non-hydrogen) atoms. The summed E-state index contributed by atoms with van der Waals surface area (Å²) in [6.45, 7) is 0.352. The van der Waals surface area contributed by atoms with Gasteiger partial charge in [0.1, 0.15) is 0 Å². The van der Waals surface area contributed by atoms with Gasteiger partial charge < -0.3 is 11.1 Å². The molecule has 1 aromatic carbocycles. The molecule has 0 saturated carbocycles. The maximum atomic E-state index is 11.8. The van der Waals surface area contributed by atoms with Crippen molar-refractivity contribution in [3.8, 4) is 0 Å². The summed E-state index contributed by atoms with van der Waals surface area (Å²) in [4.78, 5) is 35.1. The predicted molar refractivity (Wildman–Crippen MR) is 84.7 cm³/mol. The average molecular weight is 316 g/mol. The smallest absolute Gasteiger partial charge is 0.248 e. The third kappa shape index (κ3) is 4.53. The van der Waals surface area contributed by atoms with Crippen molar-refractivity contribution in [2.45, 2.75) is 19.4 Å².